The summed E-state index contributed by atoms with van der Waals surface area (Å²) in [6.07, 6.45) is -1.28. The molecule has 0 saturated heterocycles. The fourth-order valence-corrected chi connectivity index (χ4v) is 3.21. The van der Waals surface area contributed by atoms with E-state index in [0.29, 0.717) is 0 Å². The number of ketones is 1. The van der Waals surface area contributed by atoms with Gasteiger partial charge in [-0.05, 0) is 43.3 Å². The minimum Gasteiger partial charge on any atom is -0.453 e. The monoisotopic (exact) mass is 401 g/mol. The fraction of sp³-hybridized carbons (Fsp3) is 0.176. The first kappa shape index (κ1) is 20.6. The predicted octanol–water partition coefficient (Wildman–Crippen LogP) is 2.20. The average molecular weight is 401 g/mol. The first-order valence-electron chi connectivity index (χ1n) is 7.55. The Bertz CT molecular complexity index is 941. The Morgan fingerprint density at radius 3 is 2.15 bits per heavy atom. The van der Waals surface area contributed by atoms with E-state index in [9.17, 15) is 31.2 Å². The Morgan fingerprint density at radius 2 is 1.59 bits per heavy atom. The Kier molecular flexibility index (Phi) is 6.34. The molecule has 0 radical (unpaired) electrons. The highest BCUT2D eigenvalue weighted by atomic mass is 32.2. The molecule has 1 N–H and O–H groups in total. The zero-order valence-corrected chi connectivity index (χ0v) is 14.7. The highest BCUT2D eigenvalue weighted by Crippen LogP contribution is 2.17. The van der Waals surface area contributed by atoms with Crippen LogP contribution in [0.15, 0.2) is 47.4 Å². The van der Waals surface area contributed by atoms with Crippen molar-refractivity contribution in [1.82, 2.24) is 4.72 Å². The number of halogens is 3. The summed E-state index contributed by atoms with van der Waals surface area (Å²) >= 11 is 0. The van der Waals surface area contributed by atoms with E-state index in [-0.39, 0.29) is 5.56 Å². The van der Waals surface area contributed by atoms with E-state index >= 15 is 0 Å². The van der Waals surface area contributed by atoms with Gasteiger partial charge in [0, 0.05) is 5.56 Å². The molecule has 0 aliphatic heterocycles. The van der Waals surface area contributed by atoms with Crippen LogP contribution in [0.2, 0.25) is 0 Å². The van der Waals surface area contributed by atoms with Crippen molar-refractivity contribution < 1.29 is 35.9 Å². The lowest BCUT2D eigenvalue weighted by Gasteiger charge is -2.13. The van der Waals surface area contributed by atoms with Crippen LogP contribution in [0.25, 0.3) is 0 Å². The first-order valence-corrected chi connectivity index (χ1v) is 9.03. The molecule has 27 heavy (non-hydrogen) atoms. The second-order valence-electron chi connectivity index (χ2n) is 5.38. The van der Waals surface area contributed by atoms with E-state index in [0.717, 1.165) is 30.3 Å². The van der Waals surface area contributed by atoms with Gasteiger partial charge in [0.25, 0.3) is 0 Å². The zero-order chi connectivity index (χ0) is 20.2. The summed E-state index contributed by atoms with van der Waals surface area (Å²) in [6, 6.07) is 6.99. The molecule has 0 fully saturated rings. The van der Waals surface area contributed by atoms with E-state index < -0.39 is 56.8 Å². The number of hydrogen-bond acceptors (Lipinski definition) is 5. The fourth-order valence-electron chi connectivity index (χ4n) is 2.11. The van der Waals surface area contributed by atoms with Gasteiger partial charge in [-0.3, -0.25) is 9.59 Å². The minimum atomic E-state index is -4.66. The van der Waals surface area contributed by atoms with Crippen molar-refractivity contribution in [2.45, 2.75) is 17.9 Å². The smallest absolute Gasteiger partial charge is 0.321 e. The number of hydrogen-bond donors (Lipinski definition) is 1. The SMILES string of the molecule is C[C@@H](OC(=O)CNS(=O)(=O)c1c(F)cccc1F)C(=O)c1ccc(F)cc1. The van der Waals surface area contributed by atoms with Crippen LogP contribution in [0.1, 0.15) is 17.3 Å². The van der Waals surface area contributed by atoms with E-state index in [1.54, 1.807) is 4.72 Å². The van der Waals surface area contributed by atoms with Gasteiger partial charge in [0.05, 0.1) is 0 Å². The van der Waals surface area contributed by atoms with Crippen LogP contribution in [0.3, 0.4) is 0 Å². The summed E-state index contributed by atoms with van der Waals surface area (Å²) in [5.74, 6) is -4.97. The van der Waals surface area contributed by atoms with Gasteiger partial charge in [-0.15, -0.1) is 0 Å². The lowest BCUT2D eigenvalue weighted by atomic mass is 10.1. The van der Waals surface area contributed by atoms with Gasteiger partial charge in [-0.2, -0.15) is 4.72 Å². The average Bonchev–Trinajstić information content (AvgIpc) is 2.60. The maximum atomic E-state index is 13.6. The van der Waals surface area contributed by atoms with Crippen molar-refractivity contribution in [2.75, 3.05) is 6.54 Å². The standard InChI is InChI=1S/C17H14F3NO5S/c1-10(16(23)11-5-7-12(18)8-6-11)26-15(22)9-21-27(24,25)17-13(19)3-2-4-14(17)20/h2-8,10,21H,9H2,1H3/t10-/m1/s1. The molecule has 0 aliphatic carbocycles. The number of esters is 1. The molecule has 2 aromatic carbocycles. The van der Waals surface area contributed by atoms with E-state index in [2.05, 4.69) is 0 Å². The molecule has 0 bridgehead atoms. The number of nitrogens with one attached hydrogen (secondary N) is 1. The van der Waals surface area contributed by atoms with Crippen molar-refractivity contribution in [3.8, 4) is 0 Å². The van der Waals surface area contributed by atoms with E-state index in [4.69, 9.17) is 4.74 Å². The molecule has 6 nitrogen and oxygen atoms in total. The molecule has 0 amide bonds. The lowest BCUT2D eigenvalue weighted by Crippen LogP contribution is -2.34. The van der Waals surface area contributed by atoms with Gasteiger partial charge < -0.3 is 4.74 Å². The van der Waals surface area contributed by atoms with Crippen LogP contribution < -0.4 is 4.72 Å². The maximum Gasteiger partial charge on any atom is 0.321 e. The largest absolute Gasteiger partial charge is 0.453 e. The highest BCUT2D eigenvalue weighted by Gasteiger charge is 2.26. The molecule has 0 aliphatic rings. The maximum absolute atomic E-state index is 13.6. The summed E-state index contributed by atoms with van der Waals surface area (Å²) in [7, 11) is -4.66. The van der Waals surface area contributed by atoms with Crippen LogP contribution in [0.4, 0.5) is 13.2 Å². The van der Waals surface area contributed by atoms with Crippen molar-refractivity contribution >= 4 is 21.8 Å². The summed E-state index contributed by atoms with van der Waals surface area (Å²) < 4.78 is 70.4. The first-order chi connectivity index (χ1) is 12.6. The van der Waals surface area contributed by atoms with Crippen molar-refractivity contribution in [2.24, 2.45) is 0 Å². The molecule has 2 rings (SSSR count). The molecule has 10 heteroatoms. The second kappa shape index (κ2) is 8.31. The Balaban J connectivity index is 1.99. The second-order valence-corrected chi connectivity index (χ2v) is 7.08. The van der Waals surface area contributed by atoms with Gasteiger partial charge in [0.15, 0.2) is 11.0 Å². The predicted molar refractivity (Wildman–Crippen MR) is 87.8 cm³/mol. The third kappa shape index (κ3) is 5.14. The molecule has 1 atom stereocenters. The van der Waals surface area contributed by atoms with E-state index in [1.165, 1.54) is 19.1 Å². The molecule has 0 saturated carbocycles. The van der Waals surface area contributed by atoms with Gasteiger partial charge in [-0.25, -0.2) is 21.6 Å². The lowest BCUT2D eigenvalue weighted by molar-refractivity contribution is -0.144. The number of Topliss-reactive ketones (excluding diaryl/α,β-unsaturated/α-hetero) is 1. The van der Waals surface area contributed by atoms with Crippen molar-refractivity contribution in [3.63, 3.8) is 0 Å². The molecule has 2 aromatic rings. The van der Waals surface area contributed by atoms with Crippen LogP contribution in [0.5, 0.6) is 0 Å². The molecule has 0 heterocycles. The van der Waals surface area contributed by atoms with Crippen molar-refractivity contribution in [3.05, 3.63) is 65.5 Å². The van der Waals surface area contributed by atoms with Gasteiger partial charge in [0.1, 0.15) is 24.0 Å². The Hall–Kier alpha value is -2.72. The van der Waals surface area contributed by atoms with Crippen LogP contribution in [-0.2, 0) is 19.6 Å². The van der Waals surface area contributed by atoms with Gasteiger partial charge in [-0.1, -0.05) is 6.07 Å². The Morgan fingerprint density at radius 1 is 1.04 bits per heavy atom. The number of rotatable bonds is 7. The summed E-state index contributed by atoms with van der Waals surface area (Å²) in [4.78, 5) is 22.6. The van der Waals surface area contributed by atoms with Gasteiger partial charge >= 0.3 is 5.97 Å². The molecule has 0 aromatic heterocycles. The van der Waals surface area contributed by atoms with Crippen LogP contribution in [0, 0.1) is 17.5 Å². The summed E-state index contributed by atoms with van der Waals surface area (Å²) in [5, 5.41) is 0. The molecular formula is C17H14F3NO5S. The number of ether oxygens (including phenoxy) is 1. The molecular weight excluding hydrogens is 387 g/mol. The quantitative estimate of drug-likeness (QED) is 0.568. The number of sulfonamides is 1. The third-order valence-electron chi connectivity index (χ3n) is 3.40. The summed E-state index contributed by atoms with van der Waals surface area (Å²) in [6.45, 7) is 0.297. The number of benzene rings is 2. The minimum absolute atomic E-state index is 0.0886. The molecule has 144 valence electrons. The number of carbonyl (C=O) groups excluding carboxylic acids is 2. The zero-order valence-electron chi connectivity index (χ0n) is 13.9. The highest BCUT2D eigenvalue weighted by molar-refractivity contribution is 7.89. The van der Waals surface area contributed by atoms with Crippen molar-refractivity contribution in [1.29, 1.82) is 0 Å². The Labute approximate surface area is 153 Å². The topological polar surface area (TPSA) is 89.5 Å². The molecule has 0 spiro atoms. The van der Waals surface area contributed by atoms with Gasteiger partial charge in [0.2, 0.25) is 15.8 Å². The van der Waals surface area contributed by atoms with E-state index in [1.807, 2.05) is 0 Å². The van der Waals surface area contributed by atoms with Crippen LogP contribution in [-0.4, -0.2) is 32.8 Å². The third-order valence-corrected chi connectivity index (χ3v) is 4.85. The normalized spacial score (nSPS) is 12.4. The number of carbonyl (C=O) groups is 2. The van der Waals surface area contributed by atoms with Crippen LogP contribution >= 0.6 is 0 Å². The summed E-state index contributed by atoms with van der Waals surface area (Å²) in [5.41, 5.74) is 0.0886. The molecule has 0 unspecified atom stereocenters.